The van der Waals surface area contributed by atoms with Crippen LogP contribution < -0.4 is 5.31 Å². The second kappa shape index (κ2) is 1.51. The van der Waals surface area contributed by atoms with Gasteiger partial charge in [0.2, 0.25) is 0 Å². The minimum absolute atomic E-state index is 0.125. The maximum Gasteiger partial charge on any atom is 0.279 e. The Labute approximate surface area is 41.8 Å². The second-order valence-electron chi connectivity index (χ2n) is 0.996. The molecule has 0 spiro atoms. The van der Waals surface area contributed by atoms with Crippen molar-refractivity contribution in [1.29, 1.82) is 0 Å². The van der Waals surface area contributed by atoms with Crippen LogP contribution >= 0.6 is 11.8 Å². The number of nitrogens with one attached hydrogen (secondary N) is 1. The van der Waals surface area contributed by atoms with E-state index in [-0.39, 0.29) is 5.24 Å². The van der Waals surface area contributed by atoms with Crippen LogP contribution in [0.3, 0.4) is 0 Å². The van der Waals surface area contributed by atoms with Gasteiger partial charge in [0.25, 0.3) is 5.24 Å². The van der Waals surface area contributed by atoms with E-state index in [9.17, 15) is 4.79 Å². The van der Waals surface area contributed by atoms with Gasteiger partial charge in [0.15, 0.2) is 1.41 Å². The standard InChI is InChI=1S/C3H5NOS/c5-3-4-1-2-6-3/h1-2H2,(H,4,5)/i/hD. The fourth-order valence-corrected chi connectivity index (χ4v) is 0.855. The van der Waals surface area contributed by atoms with Crippen molar-refractivity contribution in [3.63, 3.8) is 0 Å². The van der Waals surface area contributed by atoms with Gasteiger partial charge in [0, 0.05) is 12.3 Å². The smallest absolute Gasteiger partial charge is 0.279 e. The first-order chi connectivity index (χ1) is 3.30. The summed E-state index contributed by atoms with van der Waals surface area (Å²) in [5.74, 6) is 0.780. The lowest BCUT2D eigenvalue weighted by Gasteiger charge is -1.78. The molecule has 1 aliphatic rings. The number of rotatable bonds is 0. The molecule has 1 saturated heterocycles. The highest BCUT2D eigenvalue weighted by molar-refractivity contribution is 8.13. The summed E-state index contributed by atoms with van der Waals surface area (Å²) in [6, 6.07) is 0. The molecule has 0 saturated carbocycles. The van der Waals surface area contributed by atoms with Crippen molar-refractivity contribution in [3.8, 4) is 0 Å². The minimum Gasteiger partial charge on any atom is -0.346 e. The SMILES string of the molecule is [2H]N1CCSC1=O. The highest BCUT2D eigenvalue weighted by atomic mass is 32.2. The second-order valence-corrected chi connectivity index (χ2v) is 2.04. The zero-order chi connectivity index (χ0) is 5.28. The maximum absolute atomic E-state index is 10.3. The number of hydrogen-bond donors (Lipinski definition) is 1. The van der Waals surface area contributed by atoms with Crippen LogP contribution in [-0.2, 0) is 0 Å². The van der Waals surface area contributed by atoms with Gasteiger partial charge < -0.3 is 5.31 Å². The van der Waals surface area contributed by atoms with Gasteiger partial charge in [0.05, 0.1) is 0 Å². The molecule has 2 nitrogen and oxygen atoms in total. The largest absolute Gasteiger partial charge is 0.346 e. The molecular formula is C3H5NOS. The summed E-state index contributed by atoms with van der Waals surface area (Å²) in [5.41, 5.74) is 0. The molecule has 34 valence electrons. The maximum atomic E-state index is 10.3. The molecule has 0 aromatic heterocycles. The third-order valence-corrected chi connectivity index (χ3v) is 1.32. The Morgan fingerprint density at radius 2 is 3.00 bits per heavy atom. The van der Waals surface area contributed by atoms with E-state index in [1.807, 2.05) is 0 Å². The van der Waals surface area contributed by atoms with Gasteiger partial charge >= 0.3 is 0 Å². The van der Waals surface area contributed by atoms with E-state index in [4.69, 9.17) is 1.41 Å². The number of thioether (sulfide) groups is 1. The van der Waals surface area contributed by atoms with Crippen LogP contribution in [0.25, 0.3) is 0 Å². The van der Waals surface area contributed by atoms with Crippen molar-refractivity contribution in [3.05, 3.63) is 0 Å². The van der Waals surface area contributed by atoms with E-state index >= 15 is 0 Å². The third-order valence-electron chi connectivity index (χ3n) is 0.558. The molecule has 6 heavy (non-hydrogen) atoms. The Kier molecular flexibility index (Phi) is 0.733. The van der Waals surface area contributed by atoms with Crippen molar-refractivity contribution in [2.75, 3.05) is 12.3 Å². The molecule has 1 heterocycles. The Hall–Kier alpha value is -0.180. The summed E-state index contributed by atoms with van der Waals surface area (Å²) in [7, 11) is 0. The molecule has 0 atom stereocenters. The molecule has 1 rings (SSSR count). The van der Waals surface area contributed by atoms with E-state index in [2.05, 4.69) is 0 Å². The summed E-state index contributed by atoms with van der Waals surface area (Å²) >= 11 is 1.20. The first-order valence-electron chi connectivity index (χ1n) is 2.18. The van der Waals surface area contributed by atoms with Crippen molar-refractivity contribution in [1.82, 2.24) is 5.31 Å². The van der Waals surface area contributed by atoms with Crippen molar-refractivity contribution in [2.45, 2.75) is 0 Å². The van der Waals surface area contributed by atoms with Gasteiger partial charge in [-0.3, -0.25) is 4.79 Å². The quantitative estimate of drug-likeness (QED) is 0.483. The van der Waals surface area contributed by atoms with Crippen LogP contribution in [0.5, 0.6) is 0 Å². The number of hydrogen-bond acceptors (Lipinski definition) is 2. The zero-order valence-corrected chi connectivity index (χ0v) is 3.99. The van der Waals surface area contributed by atoms with Gasteiger partial charge in [-0.25, -0.2) is 0 Å². The molecule has 1 N–H and O–H groups in total. The van der Waals surface area contributed by atoms with Gasteiger partial charge in [-0.15, -0.1) is 0 Å². The van der Waals surface area contributed by atoms with E-state index in [1.54, 1.807) is 0 Å². The first kappa shape index (κ1) is 2.91. The predicted molar refractivity (Wildman–Crippen MR) is 25.9 cm³/mol. The van der Waals surface area contributed by atoms with Crippen LogP contribution in [-0.4, -0.2) is 17.5 Å². The molecule has 0 bridgehead atoms. The first-order valence-corrected chi connectivity index (χ1v) is 2.72. The van der Waals surface area contributed by atoms with Gasteiger partial charge in [-0.1, -0.05) is 11.8 Å². The van der Waals surface area contributed by atoms with Crippen LogP contribution in [0.1, 0.15) is 0 Å². The highest BCUT2D eigenvalue weighted by Gasteiger charge is 2.06. The normalized spacial score (nSPS) is 25.0. The van der Waals surface area contributed by atoms with Crippen LogP contribution in [0.4, 0.5) is 4.79 Å². The van der Waals surface area contributed by atoms with E-state index in [1.165, 1.54) is 11.8 Å². The lowest BCUT2D eigenvalue weighted by atomic mass is 10.8. The monoisotopic (exact) mass is 104 g/mol. The molecule has 0 aromatic carbocycles. The van der Waals surface area contributed by atoms with Gasteiger partial charge in [-0.05, 0) is 0 Å². The number of carbonyl (C=O) groups is 1. The Morgan fingerprint density at radius 3 is 3.17 bits per heavy atom. The summed E-state index contributed by atoms with van der Waals surface area (Å²) in [6.45, 7) is 0.587. The number of carbonyl (C=O) groups excluding carboxylic acids is 1. The van der Waals surface area contributed by atoms with Crippen molar-refractivity contribution >= 4 is 17.0 Å². The molecule has 0 aromatic rings. The van der Waals surface area contributed by atoms with E-state index in [0.717, 1.165) is 11.1 Å². The molecular weight excluding hydrogens is 98.1 g/mol. The molecule has 1 fully saturated rings. The lowest BCUT2D eigenvalue weighted by molar-refractivity contribution is 0.262. The number of amides is 1. The zero-order valence-electron chi connectivity index (χ0n) is 4.18. The lowest BCUT2D eigenvalue weighted by Crippen LogP contribution is -2.10. The Bertz CT molecular complexity index is 96.9. The fourth-order valence-electron chi connectivity index (χ4n) is 0.316. The summed E-state index contributed by atoms with van der Waals surface area (Å²) in [4.78, 5) is 10.3. The van der Waals surface area contributed by atoms with Crippen LogP contribution in [0.15, 0.2) is 0 Å². The molecule has 0 unspecified atom stereocenters. The average Bonchev–Trinajstić information content (AvgIpc) is 1.91. The fraction of sp³-hybridized carbons (Fsp3) is 0.667. The minimum atomic E-state index is -0.125. The van der Waals surface area contributed by atoms with Gasteiger partial charge in [-0.2, -0.15) is 0 Å². The molecule has 1 aliphatic heterocycles. The highest BCUT2D eigenvalue weighted by Crippen LogP contribution is 2.04. The molecule has 0 radical (unpaired) electrons. The van der Waals surface area contributed by atoms with Crippen molar-refractivity contribution < 1.29 is 6.21 Å². The van der Waals surface area contributed by atoms with Crippen LogP contribution in [0.2, 0.25) is 1.41 Å². The van der Waals surface area contributed by atoms with E-state index in [0.29, 0.717) is 6.54 Å². The summed E-state index contributed by atoms with van der Waals surface area (Å²) in [5, 5.41) is 0.852. The molecule has 0 aliphatic carbocycles. The predicted octanol–water partition coefficient (Wildman–Crippen LogP) is 0.443. The average molecular weight is 104 g/mol. The molecule has 1 amide bonds. The van der Waals surface area contributed by atoms with Crippen LogP contribution in [0, 0.1) is 0 Å². The molecule has 3 heteroatoms. The summed E-state index contributed by atoms with van der Waals surface area (Å²) < 4.78 is 6.80. The Balaban J connectivity index is 2.48. The summed E-state index contributed by atoms with van der Waals surface area (Å²) in [6.07, 6.45) is 0. The van der Waals surface area contributed by atoms with E-state index < -0.39 is 0 Å². The Morgan fingerprint density at radius 1 is 2.17 bits per heavy atom. The topological polar surface area (TPSA) is 29.1 Å². The third kappa shape index (κ3) is 0.653. The van der Waals surface area contributed by atoms with Crippen molar-refractivity contribution in [2.24, 2.45) is 0 Å². The van der Waals surface area contributed by atoms with Gasteiger partial charge in [0.1, 0.15) is 0 Å².